The molecule has 0 bridgehead atoms. The molecule has 13 heavy (non-hydrogen) atoms. The smallest absolute Gasteiger partial charge is 0.475 e. The van der Waals surface area contributed by atoms with Crippen molar-refractivity contribution in [2.75, 3.05) is 6.54 Å². The average Bonchev–Trinajstić information content (AvgIpc) is 2.02. The third-order valence-electron chi connectivity index (χ3n) is 1.07. The van der Waals surface area contributed by atoms with Gasteiger partial charge in [0, 0.05) is 12.6 Å². The van der Waals surface area contributed by atoms with Gasteiger partial charge in [-0.05, 0) is 6.42 Å². The van der Waals surface area contributed by atoms with Gasteiger partial charge in [0.2, 0.25) is 0 Å². The summed E-state index contributed by atoms with van der Waals surface area (Å²) in [6.45, 7) is 2.63. The summed E-state index contributed by atoms with van der Waals surface area (Å²) in [5.74, 6) is -2.76. The van der Waals surface area contributed by atoms with Gasteiger partial charge in [-0.1, -0.05) is 6.92 Å². The summed E-state index contributed by atoms with van der Waals surface area (Å²) in [5, 5.41) is 7.12. The number of hydrogen-bond donors (Lipinski definition) is 3. The van der Waals surface area contributed by atoms with Crippen molar-refractivity contribution in [3.8, 4) is 0 Å². The standard InChI is InChI=1S/C4H12N2.C2HF3O2/c1-2-4(6)3-5;3-2(4,5)1(6)7/h4H,2-3,5-6H2,1H3;(H,6,7). The fraction of sp³-hybridized carbons (Fsp3) is 0.833. The van der Waals surface area contributed by atoms with E-state index in [1.165, 1.54) is 0 Å². The minimum absolute atomic E-state index is 0.213. The van der Waals surface area contributed by atoms with Crippen LogP contribution in [0.25, 0.3) is 0 Å². The average molecular weight is 202 g/mol. The highest BCUT2D eigenvalue weighted by atomic mass is 19.4. The van der Waals surface area contributed by atoms with E-state index in [1.54, 1.807) is 0 Å². The van der Waals surface area contributed by atoms with E-state index in [-0.39, 0.29) is 6.04 Å². The van der Waals surface area contributed by atoms with E-state index in [9.17, 15) is 13.2 Å². The number of carbonyl (C=O) groups is 1. The van der Waals surface area contributed by atoms with Gasteiger partial charge >= 0.3 is 12.1 Å². The molecule has 0 aliphatic rings. The van der Waals surface area contributed by atoms with Crippen molar-refractivity contribution in [1.29, 1.82) is 0 Å². The van der Waals surface area contributed by atoms with Gasteiger partial charge in [-0.25, -0.2) is 4.79 Å². The van der Waals surface area contributed by atoms with Crippen molar-refractivity contribution in [3.05, 3.63) is 0 Å². The molecule has 0 spiro atoms. The Kier molecular flexibility index (Phi) is 7.54. The molecule has 0 saturated heterocycles. The van der Waals surface area contributed by atoms with E-state index < -0.39 is 12.1 Å². The SMILES string of the molecule is CCC(N)CN.O=C(O)C(F)(F)F. The number of aliphatic carboxylic acids is 1. The van der Waals surface area contributed by atoms with Gasteiger partial charge in [0.1, 0.15) is 0 Å². The third-order valence-corrected chi connectivity index (χ3v) is 1.07. The van der Waals surface area contributed by atoms with Gasteiger partial charge < -0.3 is 16.6 Å². The lowest BCUT2D eigenvalue weighted by Crippen LogP contribution is -2.28. The molecular formula is C6H13F3N2O2. The highest BCUT2D eigenvalue weighted by Crippen LogP contribution is 2.13. The Bertz CT molecular complexity index is 145. The first-order valence-electron chi connectivity index (χ1n) is 3.51. The molecule has 0 radical (unpaired) electrons. The molecule has 7 heteroatoms. The maximum atomic E-state index is 10.6. The summed E-state index contributed by atoms with van der Waals surface area (Å²) >= 11 is 0. The zero-order valence-corrected chi connectivity index (χ0v) is 7.14. The number of hydrogen-bond acceptors (Lipinski definition) is 3. The lowest BCUT2D eigenvalue weighted by Gasteiger charge is -1.99. The zero-order chi connectivity index (χ0) is 11.1. The molecule has 0 aromatic carbocycles. The van der Waals surface area contributed by atoms with Crippen LogP contribution >= 0.6 is 0 Å². The van der Waals surface area contributed by atoms with E-state index >= 15 is 0 Å². The van der Waals surface area contributed by atoms with Crippen LogP contribution in [0.5, 0.6) is 0 Å². The Balaban J connectivity index is 0. The molecule has 4 nitrogen and oxygen atoms in total. The summed E-state index contributed by atoms with van der Waals surface area (Å²) in [7, 11) is 0. The molecule has 5 N–H and O–H groups in total. The molecule has 0 aromatic heterocycles. The van der Waals surface area contributed by atoms with Crippen LogP contribution in [-0.4, -0.2) is 29.8 Å². The zero-order valence-electron chi connectivity index (χ0n) is 7.14. The molecule has 1 atom stereocenters. The highest BCUT2D eigenvalue weighted by Gasteiger charge is 2.38. The van der Waals surface area contributed by atoms with Gasteiger partial charge in [0.25, 0.3) is 0 Å². The lowest BCUT2D eigenvalue weighted by molar-refractivity contribution is -0.192. The molecule has 1 unspecified atom stereocenters. The van der Waals surface area contributed by atoms with Gasteiger partial charge in [0.05, 0.1) is 0 Å². The molecule has 0 aromatic rings. The van der Waals surface area contributed by atoms with E-state index in [0.717, 1.165) is 6.42 Å². The number of rotatable bonds is 2. The number of alkyl halides is 3. The van der Waals surface area contributed by atoms with Gasteiger partial charge in [-0.2, -0.15) is 13.2 Å². The second kappa shape index (κ2) is 6.67. The van der Waals surface area contributed by atoms with Gasteiger partial charge in [-0.3, -0.25) is 0 Å². The number of carboxylic acids is 1. The Morgan fingerprint density at radius 3 is 1.85 bits per heavy atom. The minimum Gasteiger partial charge on any atom is -0.475 e. The first-order valence-corrected chi connectivity index (χ1v) is 3.51. The van der Waals surface area contributed by atoms with Crippen LogP contribution in [0.15, 0.2) is 0 Å². The van der Waals surface area contributed by atoms with Crippen molar-refractivity contribution in [2.45, 2.75) is 25.6 Å². The molecule has 0 amide bonds. The fourth-order valence-electron chi connectivity index (χ4n) is 0.167. The molecule has 80 valence electrons. The van der Waals surface area contributed by atoms with Crippen LogP contribution in [0, 0.1) is 0 Å². The number of nitrogens with two attached hydrogens (primary N) is 2. The molecule has 0 aliphatic heterocycles. The molecule has 0 saturated carbocycles. The first-order chi connectivity index (χ1) is 5.75. The van der Waals surface area contributed by atoms with Crippen molar-refractivity contribution in [3.63, 3.8) is 0 Å². The molecule has 0 aliphatic carbocycles. The predicted octanol–water partition coefficient (Wildman–Crippen LogP) is 0.316. The Labute approximate surface area is 73.7 Å². The lowest BCUT2D eigenvalue weighted by atomic mass is 10.2. The minimum atomic E-state index is -5.08. The maximum absolute atomic E-state index is 10.6. The van der Waals surface area contributed by atoms with Crippen LogP contribution in [0.2, 0.25) is 0 Å². The number of carboxylic acid groups (broad SMARTS) is 1. The summed E-state index contributed by atoms with van der Waals surface area (Å²) in [6.07, 6.45) is -4.10. The maximum Gasteiger partial charge on any atom is 0.490 e. The topological polar surface area (TPSA) is 89.3 Å². The summed E-state index contributed by atoms with van der Waals surface area (Å²) < 4.78 is 31.7. The van der Waals surface area contributed by atoms with Gasteiger partial charge in [0.15, 0.2) is 0 Å². The van der Waals surface area contributed by atoms with Crippen molar-refractivity contribution < 1.29 is 23.1 Å². The van der Waals surface area contributed by atoms with E-state index in [0.29, 0.717) is 6.54 Å². The normalized spacial score (nSPS) is 12.8. The van der Waals surface area contributed by atoms with Gasteiger partial charge in [-0.15, -0.1) is 0 Å². The molecule has 0 rings (SSSR count). The van der Waals surface area contributed by atoms with E-state index in [2.05, 4.69) is 0 Å². The monoisotopic (exact) mass is 202 g/mol. The summed E-state index contributed by atoms with van der Waals surface area (Å²) in [4.78, 5) is 8.90. The van der Waals surface area contributed by atoms with E-state index in [1.807, 2.05) is 6.92 Å². The molecular weight excluding hydrogens is 189 g/mol. The largest absolute Gasteiger partial charge is 0.490 e. The summed E-state index contributed by atoms with van der Waals surface area (Å²) in [5.41, 5.74) is 10.5. The van der Waals surface area contributed by atoms with Crippen molar-refractivity contribution >= 4 is 5.97 Å². The second-order valence-electron chi connectivity index (χ2n) is 2.21. The first kappa shape index (κ1) is 14.7. The van der Waals surface area contributed by atoms with E-state index in [4.69, 9.17) is 21.4 Å². The Morgan fingerprint density at radius 2 is 1.85 bits per heavy atom. The third kappa shape index (κ3) is 11.2. The van der Waals surface area contributed by atoms with Crippen LogP contribution in [0.3, 0.4) is 0 Å². The van der Waals surface area contributed by atoms with Crippen LogP contribution in [0.1, 0.15) is 13.3 Å². The second-order valence-corrected chi connectivity index (χ2v) is 2.21. The number of halogens is 3. The fourth-order valence-corrected chi connectivity index (χ4v) is 0.167. The molecule has 0 fully saturated rings. The summed E-state index contributed by atoms with van der Waals surface area (Å²) in [6, 6.07) is 0.213. The van der Waals surface area contributed by atoms with Crippen LogP contribution in [0.4, 0.5) is 13.2 Å². The quantitative estimate of drug-likeness (QED) is 0.601. The molecule has 0 heterocycles. The van der Waals surface area contributed by atoms with Crippen molar-refractivity contribution in [2.24, 2.45) is 11.5 Å². The van der Waals surface area contributed by atoms with Crippen LogP contribution in [-0.2, 0) is 4.79 Å². The Morgan fingerprint density at radius 1 is 1.54 bits per heavy atom. The predicted molar refractivity (Wildman–Crippen MR) is 41.0 cm³/mol. The Hall–Kier alpha value is -0.820. The van der Waals surface area contributed by atoms with Crippen LogP contribution < -0.4 is 11.5 Å². The van der Waals surface area contributed by atoms with Crippen molar-refractivity contribution in [1.82, 2.24) is 0 Å². The highest BCUT2D eigenvalue weighted by molar-refractivity contribution is 5.73.